The van der Waals surface area contributed by atoms with Crippen LogP contribution in [0.2, 0.25) is 0 Å². The van der Waals surface area contributed by atoms with Gasteiger partial charge in [0.25, 0.3) is 0 Å². The van der Waals surface area contributed by atoms with E-state index in [-0.39, 0.29) is 0 Å². The van der Waals surface area contributed by atoms with Crippen LogP contribution in [0.3, 0.4) is 0 Å². The number of ether oxygens (including phenoxy) is 4. The zero-order chi connectivity index (χ0) is 25.4. The molecule has 7 N–H and O–H groups in total. The van der Waals surface area contributed by atoms with Gasteiger partial charge in [-0.05, 0) is 31.6 Å². The lowest BCUT2D eigenvalue weighted by molar-refractivity contribution is -0.326. The maximum absolute atomic E-state index is 12.9. The van der Waals surface area contributed by atoms with Gasteiger partial charge in [-0.3, -0.25) is 0 Å². The van der Waals surface area contributed by atoms with Gasteiger partial charge in [-0.15, -0.1) is 0 Å². The SMILES string of the molecule is CC1=C(C(=O)O[C@@H]2O[C@@H](CO[C@H]3O[C@@H](CO)[C@@H](O)[C@@H](O)[C@H]3O)[C@@H](O)[C@@H](O)[C@H]2O)C(C)(C)CCC1. The first-order valence-corrected chi connectivity index (χ1v) is 11.4. The summed E-state index contributed by atoms with van der Waals surface area (Å²) in [6.07, 6.45) is -13.2. The van der Waals surface area contributed by atoms with Crippen LogP contribution in [0.15, 0.2) is 11.1 Å². The van der Waals surface area contributed by atoms with E-state index in [9.17, 15) is 40.5 Å². The van der Waals surface area contributed by atoms with Crippen LogP contribution in [0.25, 0.3) is 0 Å². The second kappa shape index (κ2) is 10.8. The molecular weight excluding hydrogens is 456 g/mol. The van der Waals surface area contributed by atoms with Gasteiger partial charge in [0.1, 0.15) is 48.8 Å². The quantitative estimate of drug-likeness (QED) is 0.196. The fourth-order valence-electron chi connectivity index (χ4n) is 4.78. The number of hydrogen-bond donors (Lipinski definition) is 7. The maximum Gasteiger partial charge on any atom is 0.336 e. The number of hydrogen-bond acceptors (Lipinski definition) is 12. The molecule has 0 aromatic heterocycles. The van der Waals surface area contributed by atoms with Crippen molar-refractivity contribution in [1.82, 2.24) is 0 Å². The summed E-state index contributed by atoms with van der Waals surface area (Å²) >= 11 is 0. The van der Waals surface area contributed by atoms with Crippen molar-refractivity contribution >= 4 is 5.97 Å². The molecule has 12 heteroatoms. The summed E-state index contributed by atoms with van der Waals surface area (Å²) in [6, 6.07) is 0. The normalized spacial score (nSPS) is 43.0. The fraction of sp³-hybridized carbons (Fsp3) is 0.864. The van der Waals surface area contributed by atoms with Crippen LogP contribution in [-0.2, 0) is 23.7 Å². The second-order valence-electron chi connectivity index (χ2n) is 9.84. The molecule has 2 aliphatic heterocycles. The average molecular weight is 493 g/mol. The van der Waals surface area contributed by atoms with Gasteiger partial charge in [0.2, 0.25) is 6.29 Å². The number of carbonyl (C=O) groups excluding carboxylic acids is 1. The Morgan fingerprint density at radius 1 is 0.912 bits per heavy atom. The highest BCUT2D eigenvalue weighted by Crippen LogP contribution is 2.41. The summed E-state index contributed by atoms with van der Waals surface area (Å²) in [6.45, 7) is 4.52. The Kier molecular flexibility index (Phi) is 8.72. The molecule has 34 heavy (non-hydrogen) atoms. The minimum atomic E-state index is -1.73. The van der Waals surface area contributed by atoms with Crippen LogP contribution in [0.5, 0.6) is 0 Å². The van der Waals surface area contributed by atoms with Crippen molar-refractivity contribution < 1.29 is 59.5 Å². The van der Waals surface area contributed by atoms with Crippen molar-refractivity contribution in [3.8, 4) is 0 Å². The van der Waals surface area contributed by atoms with Gasteiger partial charge < -0.3 is 54.7 Å². The van der Waals surface area contributed by atoms with Gasteiger partial charge in [-0.2, -0.15) is 0 Å². The van der Waals surface area contributed by atoms with Crippen LogP contribution in [-0.4, -0.2) is 116 Å². The molecule has 196 valence electrons. The highest BCUT2D eigenvalue weighted by atomic mass is 16.7. The molecule has 0 saturated carbocycles. The van der Waals surface area contributed by atoms with Crippen molar-refractivity contribution in [3.05, 3.63) is 11.1 Å². The minimum Gasteiger partial charge on any atom is -0.429 e. The molecular formula is C22H36O12. The van der Waals surface area contributed by atoms with Gasteiger partial charge in [-0.1, -0.05) is 19.4 Å². The first kappa shape index (κ1) is 27.4. The summed E-state index contributed by atoms with van der Waals surface area (Å²) in [4.78, 5) is 12.9. The molecule has 2 saturated heterocycles. The number of aliphatic hydroxyl groups excluding tert-OH is 7. The van der Waals surface area contributed by atoms with Crippen molar-refractivity contribution in [2.45, 2.75) is 101 Å². The molecule has 0 bridgehead atoms. The fourth-order valence-corrected chi connectivity index (χ4v) is 4.78. The molecule has 3 rings (SSSR count). The molecule has 0 aromatic rings. The molecule has 0 radical (unpaired) electrons. The number of rotatable bonds is 6. The third-order valence-electron chi connectivity index (χ3n) is 6.83. The smallest absolute Gasteiger partial charge is 0.336 e. The molecule has 10 atom stereocenters. The van der Waals surface area contributed by atoms with E-state index in [1.165, 1.54) is 0 Å². The number of carbonyl (C=O) groups is 1. The molecule has 0 unspecified atom stereocenters. The zero-order valence-corrected chi connectivity index (χ0v) is 19.5. The Morgan fingerprint density at radius 3 is 2.06 bits per heavy atom. The highest BCUT2D eigenvalue weighted by molar-refractivity contribution is 5.91. The van der Waals surface area contributed by atoms with Crippen LogP contribution in [0, 0.1) is 5.41 Å². The van der Waals surface area contributed by atoms with E-state index in [0.29, 0.717) is 5.57 Å². The topological polar surface area (TPSA) is 196 Å². The molecule has 2 heterocycles. The van der Waals surface area contributed by atoms with Crippen molar-refractivity contribution in [2.75, 3.05) is 13.2 Å². The van der Waals surface area contributed by atoms with E-state index in [4.69, 9.17) is 18.9 Å². The van der Waals surface area contributed by atoms with Gasteiger partial charge in [-0.25, -0.2) is 4.79 Å². The van der Waals surface area contributed by atoms with E-state index in [2.05, 4.69) is 0 Å². The maximum atomic E-state index is 12.9. The summed E-state index contributed by atoms with van der Waals surface area (Å²) in [5, 5.41) is 70.0. The van der Waals surface area contributed by atoms with E-state index in [0.717, 1.165) is 24.8 Å². The number of esters is 1. The van der Waals surface area contributed by atoms with Gasteiger partial charge in [0.15, 0.2) is 6.29 Å². The lowest BCUT2D eigenvalue weighted by Gasteiger charge is -2.42. The number of allylic oxidation sites excluding steroid dienone is 1. The van der Waals surface area contributed by atoms with E-state index in [1.807, 2.05) is 20.8 Å². The Morgan fingerprint density at radius 2 is 1.47 bits per heavy atom. The Hall–Kier alpha value is -1.19. The Labute approximate surface area is 197 Å². The second-order valence-corrected chi connectivity index (χ2v) is 9.84. The van der Waals surface area contributed by atoms with Crippen molar-refractivity contribution in [2.24, 2.45) is 5.41 Å². The molecule has 2 fully saturated rings. The summed E-state index contributed by atoms with van der Waals surface area (Å²) in [5.41, 5.74) is 0.905. The molecule has 3 aliphatic rings. The first-order valence-electron chi connectivity index (χ1n) is 11.4. The van der Waals surface area contributed by atoms with Gasteiger partial charge in [0, 0.05) is 5.57 Å². The molecule has 0 aromatic carbocycles. The zero-order valence-electron chi connectivity index (χ0n) is 19.5. The average Bonchev–Trinajstić information content (AvgIpc) is 2.77. The lowest BCUT2D eigenvalue weighted by Crippen LogP contribution is -2.62. The minimum absolute atomic E-state index is 0.442. The lowest BCUT2D eigenvalue weighted by atomic mass is 9.73. The van der Waals surface area contributed by atoms with Gasteiger partial charge >= 0.3 is 5.97 Å². The van der Waals surface area contributed by atoms with Crippen LogP contribution in [0.4, 0.5) is 0 Å². The van der Waals surface area contributed by atoms with E-state index in [1.54, 1.807) is 0 Å². The largest absolute Gasteiger partial charge is 0.429 e. The molecule has 0 amide bonds. The van der Waals surface area contributed by atoms with Crippen molar-refractivity contribution in [1.29, 1.82) is 0 Å². The number of aliphatic hydroxyl groups is 7. The van der Waals surface area contributed by atoms with E-state index >= 15 is 0 Å². The molecule has 0 spiro atoms. The monoisotopic (exact) mass is 492 g/mol. The Balaban J connectivity index is 1.67. The van der Waals surface area contributed by atoms with E-state index < -0.39 is 86.0 Å². The summed E-state index contributed by atoms with van der Waals surface area (Å²) < 4.78 is 21.5. The first-order chi connectivity index (χ1) is 15.9. The third kappa shape index (κ3) is 5.46. The predicted molar refractivity (Wildman–Crippen MR) is 113 cm³/mol. The molecule has 12 nitrogen and oxygen atoms in total. The molecule has 1 aliphatic carbocycles. The third-order valence-corrected chi connectivity index (χ3v) is 6.83. The highest BCUT2D eigenvalue weighted by Gasteiger charge is 2.48. The standard InChI is InChI=1S/C22H36O12/c1-9-5-4-6-22(2,3)12(9)19(30)34-21-18(29)16(27)14(25)11(33-21)8-31-20-17(28)15(26)13(24)10(7-23)32-20/h10-11,13-18,20-21,23-29H,4-8H2,1-3H3/t10-,11-,13+,14+,15+,16+,17+,18+,20-,21-/m0/s1. The predicted octanol–water partition coefficient (Wildman–Crippen LogP) is -2.32. The Bertz CT molecular complexity index is 752. The van der Waals surface area contributed by atoms with Gasteiger partial charge in [0.05, 0.1) is 13.2 Å². The summed E-state index contributed by atoms with van der Waals surface area (Å²) in [5.74, 6) is -0.691. The van der Waals surface area contributed by atoms with Crippen LogP contribution >= 0.6 is 0 Å². The van der Waals surface area contributed by atoms with Crippen LogP contribution < -0.4 is 0 Å². The van der Waals surface area contributed by atoms with Crippen molar-refractivity contribution in [3.63, 3.8) is 0 Å². The van der Waals surface area contributed by atoms with Crippen LogP contribution in [0.1, 0.15) is 40.0 Å². The summed E-state index contributed by atoms with van der Waals surface area (Å²) in [7, 11) is 0.